The van der Waals surface area contributed by atoms with Gasteiger partial charge in [0, 0.05) is 35.4 Å². The summed E-state index contributed by atoms with van der Waals surface area (Å²) >= 11 is 1.77. The van der Waals surface area contributed by atoms with Gasteiger partial charge in [0.1, 0.15) is 30.9 Å². The summed E-state index contributed by atoms with van der Waals surface area (Å²) in [5.74, 6) is 0.456. The van der Waals surface area contributed by atoms with E-state index in [9.17, 15) is 28.8 Å². The second-order valence-corrected chi connectivity index (χ2v) is 14.2. The standard InChI is InChI=1S/C39H44N6O9S/c1-24-20-33(46)54-32-21-29(13-14-30(24)32)43-38(50)52-23-26-9-11-28(12-10-26)42-35(47)31(8-5-17-41-37(40)49)44-36(48)34(27-15-18-55-19-16-27)45-39(51)53-22-25-6-3-2-4-7-25/h2-4,6-7,9-14,20-21,27,31,34H,5,8,15-19,22-23H2,1H3,(H,42,47)(H,43,50)(H,44,48)(H,45,51)(H3,40,41,49)/t31-,34?/m0/s1. The van der Waals surface area contributed by atoms with Gasteiger partial charge in [-0.3, -0.25) is 14.9 Å². The largest absolute Gasteiger partial charge is 0.445 e. The van der Waals surface area contributed by atoms with E-state index in [4.69, 9.17) is 19.6 Å². The Balaban J connectivity index is 1.18. The van der Waals surface area contributed by atoms with Crippen molar-refractivity contribution in [3.8, 4) is 0 Å². The van der Waals surface area contributed by atoms with Crippen LogP contribution in [-0.4, -0.2) is 60.2 Å². The van der Waals surface area contributed by atoms with Crippen LogP contribution in [0.1, 0.15) is 42.4 Å². The number of rotatable bonds is 15. The summed E-state index contributed by atoms with van der Waals surface area (Å²) in [6.45, 7) is 1.93. The zero-order valence-corrected chi connectivity index (χ0v) is 31.1. The number of primary amides is 1. The molecule has 55 heavy (non-hydrogen) atoms. The summed E-state index contributed by atoms with van der Waals surface area (Å²) in [7, 11) is 0. The average Bonchev–Trinajstić information content (AvgIpc) is 3.17. The predicted octanol–water partition coefficient (Wildman–Crippen LogP) is 5.16. The number of alkyl carbamates (subject to hydrolysis) is 1. The van der Waals surface area contributed by atoms with Gasteiger partial charge in [-0.05, 0) is 91.0 Å². The summed E-state index contributed by atoms with van der Waals surface area (Å²) in [4.78, 5) is 75.7. The van der Waals surface area contributed by atoms with Crippen LogP contribution in [0.5, 0.6) is 0 Å². The van der Waals surface area contributed by atoms with Crippen LogP contribution in [0.15, 0.2) is 88.1 Å². The Morgan fingerprint density at radius 3 is 2.20 bits per heavy atom. The zero-order chi connectivity index (χ0) is 39.2. The number of fused-ring (bicyclic) bond motifs is 1. The molecule has 0 saturated carbocycles. The number of amides is 6. The fourth-order valence-electron chi connectivity index (χ4n) is 6.01. The summed E-state index contributed by atoms with van der Waals surface area (Å²) in [5.41, 5.74) is 8.04. The highest BCUT2D eigenvalue weighted by molar-refractivity contribution is 7.99. The highest BCUT2D eigenvalue weighted by atomic mass is 32.2. The van der Waals surface area contributed by atoms with Crippen LogP contribution in [0.2, 0.25) is 0 Å². The molecule has 0 aliphatic carbocycles. The third-order valence-corrected chi connectivity index (χ3v) is 9.95. The van der Waals surface area contributed by atoms with Gasteiger partial charge in [0.25, 0.3) is 0 Å². The van der Waals surface area contributed by atoms with Crippen molar-refractivity contribution in [2.45, 2.75) is 57.9 Å². The number of aryl methyl sites for hydroxylation is 1. The predicted molar refractivity (Wildman–Crippen MR) is 208 cm³/mol. The lowest BCUT2D eigenvalue weighted by atomic mass is 9.92. The molecule has 6 amide bonds. The number of urea groups is 1. The Labute approximate surface area is 321 Å². The summed E-state index contributed by atoms with van der Waals surface area (Å²) < 4.78 is 16.0. The van der Waals surface area contributed by atoms with Crippen molar-refractivity contribution >= 4 is 64.1 Å². The molecule has 4 aromatic rings. The van der Waals surface area contributed by atoms with Crippen LogP contribution in [-0.2, 0) is 32.3 Å². The Bertz CT molecular complexity index is 2020. The number of anilines is 2. The fourth-order valence-corrected chi connectivity index (χ4v) is 7.15. The lowest BCUT2D eigenvalue weighted by molar-refractivity contribution is -0.129. The molecule has 1 fully saturated rings. The van der Waals surface area contributed by atoms with Gasteiger partial charge in [0.05, 0.1) is 0 Å². The SMILES string of the molecule is Cc1cc(=O)oc2cc(NC(=O)OCc3ccc(NC(=O)[C@H](CCCNC(N)=O)NC(=O)C(NC(=O)OCc4ccccc4)C4CCSCC4)cc3)ccc12. The van der Waals surface area contributed by atoms with Crippen molar-refractivity contribution in [3.63, 3.8) is 0 Å². The topological polar surface area (TPSA) is 220 Å². The number of hydrogen-bond acceptors (Lipinski definition) is 10. The van der Waals surface area contributed by atoms with Gasteiger partial charge in [-0.1, -0.05) is 42.5 Å². The van der Waals surface area contributed by atoms with E-state index in [1.54, 1.807) is 61.2 Å². The maximum atomic E-state index is 13.8. The second kappa shape index (κ2) is 19.9. The van der Waals surface area contributed by atoms with E-state index in [-0.39, 0.29) is 32.1 Å². The molecule has 3 aromatic carbocycles. The molecule has 15 nitrogen and oxygen atoms in total. The molecule has 2 heterocycles. The molecule has 1 aromatic heterocycles. The van der Waals surface area contributed by atoms with E-state index in [2.05, 4.69) is 26.6 Å². The molecular weight excluding hydrogens is 729 g/mol. The number of hydrogen-bond donors (Lipinski definition) is 6. The number of thioether (sulfide) groups is 1. The molecule has 0 spiro atoms. The maximum absolute atomic E-state index is 13.8. The second-order valence-electron chi connectivity index (χ2n) is 13.0. The Morgan fingerprint density at radius 1 is 0.818 bits per heavy atom. The fraction of sp³-hybridized carbons (Fsp3) is 0.333. The summed E-state index contributed by atoms with van der Waals surface area (Å²) in [6.07, 6.45) is 0.412. The number of benzene rings is 3. The minimum Gasteiger partial charge on any atom is -0.445 e. The molecule has 2 atom stereocenters. The Morgan fingerprint density at radius 2 is 1.49 bits per heavy atom. The van der Waals surface area contributed by atoms with E-state index >= 15 is 0 Å². The number of nitrogens with two attached hydrogens (primary N) is 1. The van der Waals surface area contributed by atoms with Crippen molar-refractivity contribution in [2.24, 2.45) is 11.7 Å². The minimum absolute atomic E-state index is 0.0322. The number of carbonyl (C=O) groups is 5. The van der Waals surface area contributed by atoms with Gasteiger partial charge in [-0.25, -0.2) is 19.2 Å². The molecule has 1 unspecified atom stereocenters. The van der Waals surface area contributed by atoms with Gasteiger partial charge in [-0.15, -0.1) is 0 Å². The molecule has 0 radical (unpaired) electrons. The Kier molecular flexibility index (Phi) is 14.5. The smallest absolute Gasteiger partial charge is 0.411 e. The maximum Gasteiger partial charge on any atom is 0.411 e. The van der Waals surface area contributed by atoms with Crippen molar-refractivity contribution in [1.29, 1.82) is 0 Å². The van der Waals surface area contributed by atoms with Crippen molar-refractivity contribution in [2.75, 3.05) is 28.7 Å². The van der Waals surface area contributed by atoms with Gasteiger partial charge >= 0.3 is 23.8 Å². The number of nitrogens with one attached hydrogen (secondary N) is 5. The van der Waals surface area contributed by atoms with E-state index in [1.807, 2.05) is 30.3 Å². The molecule has 16 heteroatoms. The third-order valence-electron chi connectivity index (χ3n) is 8.90. The van der Waals surface area contributed by atoms with Crippen LogP contribution in [0.4, 0.5) is 25.8 Å². The van der Waals surface area contributed by atoms with E-state index < -0.39 is 47.7 Å². The normalized spacial score (nSPS) is 13.8. The molecule has 290 valence electrons. The van der Waals surface area contributed by atoms with Crippen molar-refractivity contribution in [1.82, 2.24) is 16.0 Å². The first kappa shape index (κ1) is 40.2. The lowest BCUT2D eigenvalue weighted by Gasteiger charge is -2.31. The van der Waals surface area contributed by atoms with Crippen LogP contribution >= 0.6 is 11.8 Å². The summed E-state index contributed by atoms with van der Waals surface area (Å²) in [5, 5.41) is 14.2. The van der Waals surface area contributed by atoms with Crippen LogP contribution in [0, 0.1) is 12.8 Å². The number of ether oxygens (including phenoxy) is 2. The Hall–Kier alpha value is -6.03. The molecule has 1 aliphatic rings. The molecular formula is C39H44N6O9S. The van der Waals surface area contributed by atoms with Crippen LogP contribution in [0.25, 0.3) is 11.0 Å². The third kappa shape index (κ3) is 12.5. The van der Waals surface area contributed by atoms with E-state index in [1.165, 1.54) is 6.07 Å². The summed E-state index contributed by atoms with van der Waals surface area (Å²) in [6, 6.07) is 19.4. The molecule has 1 saturated heterocycles. The first-order valence-corrected chi connectivity index (χ1v) is 19.0. The van der Waals surface area contributed by atoms with Crippen LogP contribution in [0.3, 0.4) is 0 Å². The van der Waals surface area contributed by atoms with E-state index in [0.717, 1.165) is 28.0 Å². The molecule has 1 aliphatic heterocycles. The molecule has 0 bridgehead atoms. The lowest BCUT2D eigenvalue weighted by Crippen LogP contribution is -2.56. The van der Waals surface area contributed by atoms with Gasteiger partial charge < -0.3 is 40.9 Å². The highest BCUT2D eigenvalue weighted by Crippen LogP contribution is 2.26. The first-order chi connectivity index (χ1) is 26.5. The van der Waals surface area contributed by atoms with E-state index in [0.29, 0.717) is 41.8 Å². The average molecular weight is 773 g/mol. The monoisotopic (exact) mass is 772 g/mol. The quantitative estimate of drug-likeness (QED) is 0.0689. The zero-order valence-electron chi connectivity index (χ0n) is 30.3. The first-order valence-electron chi connectivity index (χ1n) is 17.8. The van der Waals surface area contributed by atoms with Gasteiger partial charge in [0.15, 0.2) is 0 Å². The minimum atomic E-state index is -1.02. The van der Waals surface area contributed by atoms with Gasteiger partial charge in [0.2, 0.25) is 11.8 Å². The number of carbonyl (C=O) groups excluding carboxylic acids is 5. The van der Waals surface area contributed by atoms with Crippen LogP contribution < -0.4 is 37.9 Å². The highest BCUT2D eigenvalue weighted by Gasteiger charge is 2.34. The molecule has 5 rings (SSSR count). The van der Waals surface area contributed by atoms with Crippen molar-refractivity contribution < 1.29 is 37.9 Å². The van der Waals surface area contributed by atoms with Gasteiger partial charge in [-0.2, -0.15) is 11.8 Å². The van der Waals surface area contributed by atoms with Crippen molar-refractivity contribution in [3.05, 3.63) is 106 Å². The molecule has 7 N–H and O–H groups in total.